The van der Waals surface area contributed by atoms with Gasteiger partial charge in [0, 0.05) is 23.9 Å². The van der Waals surface area contributed by atoms with Gasteiger partial charge in [-0.05, 0) is 30.7 Å². The molecule has 3 heterocycles. The Balaban J connectivity index is 1.83. The number of halogens is 1. The summed E-state index contributed by atoms with van der Waals surface area (Å²) in [6.45, 7) is 1.79. The molecular weight excluding hydrogens is 482 g/mol. The van der Waals surface area contributed by atoms with Gasteiger partial charge in [-0.2, -0.15) is 13.1 Å². The number of ether oxygens (including phenoxy) is 2. The van der Waals surface area contributed by atoms with Crippen molar-refractivity contribution in [3.63, 3.8) is 0 Å². The molecule has 4 aromatic rings. The average molecular weight is 500 g/mol. The number of anilines is 1. The summed E-state index contributed by atoms with van der Waals surface area (Å²) in [6, 6.07) is 12.7. The third kappa shape index (κ3) is 5.00. The molecule has 0 radical (unpaired) electrons. The van der Waals surface area contributed by atoms with Crippen molar-refractivity contribution in [3.8, 4) is 28.6 Å². The predicted molar refractivity (Wildman–Crippen MR) is 124 cm³/mol. The SMILES string of the molecule is COc1ccccc1Oc1c(Cl)nc(-c2cc[n+]([O-])cc2)nc1NS(=O)(=O)c1ccc(C)cn1. The fourth-order valence-electron chi connectivity index (χ4n) is 2.88. The molecular formula is C22H18ClN5O5S. The molecule has 34 heavy (non-hydrogen) atoms. The van der Waals surface area contributed by atoms with E-state index in [0.29, 0.717) is 16.0 Å². The first-order valence-corrected chi connectivity index (χ1v) is 11.7. The lowest BCUT2D eigenvalue weighted by Crippen LogP contribution is -2.23. The van der Waals surface area contributed by atoms with Gasteiger partial charge in [0.15, 0.2) is 45.7 Å². The zero-order chi connectivity index (χ0) is 24.3. The normalized spacial score (nSPS) is 11.1. The molecule has 0 fully saturated rings. The first-order chi connectivity index (χ1) is 16.3. The third-order valence-corrected chi connectivity index (χ3v) is 6.07. The summed E-state index contributed by atoms with van der Waals surface area (Å²) in [6.07, 6.45) is 3.94. The van der Waals surface area contributed by atoms with Crippen LogP contribution in [0.1, 0.15) is 5.56 Å². The summed E-state index contributed by atoms with van der Waals surface area (Å²) in [4.78, 5) is 12.5. The molecule has 0 spiro atoms. The van der Waals surface area contributed by atoms with E-state index in [1.807, 2.05) is 0 Å². The van der Waals surface area contributed by atoms with Gasteiger partial charge in [-0.3, -0.25) is 4.72 Å². The Morgan fingerprint density at radius 3 is 2.38 bits per heavy atom. The first-order valence-electron chi connectivity index (χ1n) is 9.80. The van der Waals surface area contributed by atoms with Crippen molar-refractivity contribution < 1.29 is 22.6 Å². The maximum absolute atomic E-state index is 13.0. The summed E-state index contributed by atoms with van der Waals surface area (Å²) in [5.41, 5.74) is 1.23. The van der Waals surface area contributed by atoms with Crippen molar-refractivity contribution in [2.24, 2.45) is 0 Å². The van der Waals surface area contributed by atoms with Crippen molar-refractivity contribution in [2.75, 3.05) is 11.8 Å². The van der Waals surface area contributed by atoms with Gasteiger partial charge in [0.25, 0.3) is 10.0 Å². The number of nitrogens with one attached hydrogen (secondary N) is 1. The number of aryl methyl sites for hydroxylation is 1. The number of methoxy groups -OCH3 is 1. The topological polar surface area (TPSA) is 130 Å². The molecule has 3 aromatic heterocycles. The van der Waals surface area contributed by atoms with Gasteiger partial charge in [-0.1, -0.05) is 29.8 Å². The van der Waals surface area contributed by atoms with E-state index in [1.54, 1.807) is 37.3 Å². The lowest BCUT2D eigenvalue weighted by atomic mass is 10.2. The number of benzene rings is 1. The molecule has 0 amide bonds. The Hall–Kier alpha value is -3.96. The van der Waals surface area contributed by atoms with Gasteiger partial charge >= 0.3 is 0 Å². The van der Waals surface area contributed by atoms with Crippen LogP contribution in [0.3, 0.4) is 0 Å². The Bertz CT molecular complexity index is 1430. The molecule has 0 aliphatic heterocycles. The molecule has 1 N–H and O–H groups in total. The number of hydrogen-bond acceptors (Lipinski definition) is 8. The minimum atomic E-state index is -4.16. The van der Waals surface area contributed by atoms with E-state index in [-0.39, 0.29) is 33.3 Å². The summed E-state index contributed by atoms with van der Waals surface area (Å²) in [5, 5.41) is 11.0. The van der Waals surface area contributed by atoms with E-state index in [2.05, 4.69) is 19.7 Å². The van der Waals surface area contributed by atoms with Crippen LogP contribution in [0.25, 0.3) is 11.4 Å². The molecule has 0 aliphatic rings. The maximum Gasteiger partial charge on any atom is 0.280 e. The molecule has 0 saturated heterocycles. The van der Waals surface area contributed by atoms with E-state index < -0.39 is 10.0 Å². The largest absolute Gasteiger partial charge is 0.619 e. The second-order valence-electron chi connectivity index (χ2n) is 6.99. The van der Waals surface area contributed by atoms with E-state index in [9.17, 15) is 13.6 Å². The highest BCUT2D eigenvalue weighted by molar-refractivity contribution is 7.92. The average Bonchev–Trinajstić information content (AvgIpc) is 2.82. The van der Waals surface area contributed by atoms with E-state index in [4.69, 9.17) is 21.1 Å². The second kappa shape index (κ2) is 9.49. The van der Waals surface area contributed by atoms with Gasteiger partial charge in [-0.15, -0.1) is 0 Å². The molecule has 12 heteroatoms. The van der Waals surface area contributed by atoms with Crippen molar-refractivity contribution in [1.29, 1.82) is 0 Å². The van der Waals surface area contributed by atoms with E-state index >= 15 is 0 Å². The Morgan fingerprint density at radius 2 is 1.74 bits per heavy atom. The number of hydrogen-bond donors (Lipinski definition) is 1. The molecule has 10 nitrogen and oxygen atoms in total. The summed E-state index contributed by atoms with van der Waals surface area (Å²) in [5.74, 6) is 0.374. The Kier molecular flexibility index (Phi) is 6.48. The highest BCUT2D eigenvalue weighted by Gasteiger charge is 2.24. The van der Waals surface area contributed by atoms with Crippen molar-refractivity contribution in [1.82, 2.24) is 15.0 Å². The first kappa shape index (κ1) is 23.2. The van der Waals surface area contributed by atoms with E-state index in [1.165, 1.54) is 43.9 Å². The van der Waals surface area contributed by atoms with Crippen molar-refractivity contribution in [2.45, 2.75) is 11.9 Å². The molecule has 0 unspecified atom stereocenters. The van der Waals surface area contributed by atoms with Gasteiger partial charge < -0.3 is 14.7 Å². The highest BCUT2D eigenvalue weighted by atomic mass is 35.5. The second-order valence-corrected chi connectivity index (χ2v) is 8.98. The molecule has 4 rings (SSSR count). The number of nitrogens with zero attached hydrogens (tertiary/aromatic N) is 4. The van der Waals surface area contributed by atoms with Crippen LogP contribution < -0.4 is 18.9 Å². The van der Waals surface area contributed by atoms with Gasteiger partial charge in [0.1, 0.15) is 0 Å². The molecule has 0 saturated carbocycles. The Labute approximate surface area is 200 Å². The fourth-order valence-corrected chi connectivity index (χ4v) is 4.02. The highest BCUT2D eigenvalue weighted by Crippen LogP contribution is 2.39. The smallest absolute Gasteiger partial charge is 0.280 e. The maximum atomic E-state index is 13.0. The quantitative estimate of drug-likeness (QED) is 0.231. The fraction of sp³-hybridized carbons (Fsp3) is 0.0909. The van der Waals surface area contributed by atoms with E-state index in [0.717, 1.165) is 5.56 Å². The zero-order valence-corrected chi connectivity index (χ0v) is 19.5. The minimum absolute atomic E-state index is 0.0764. The minimum Gasteiger partial charge on any atom is -0.619 e. The summed E-state index contributed by atoms with van der Waals surface area (Å²) < 4.78 is 40.2. The van der Waals surface area contributed by atoms with Gasteiger partial charge in [0.2, 0.25) is 5.75 Å². The number of pyridine rings is 2. The molecule has 0 bridgehead atoms. The lowest BCUT2D eigenvalue weighted by Gasteiger charge is -2.16. The lowest BCUT2D eigenvalue weighted by molar-refractivity contribution is -0.605. The number of rotatable bonds is 7. The standard InChI is InChI=1S/C22H18ClN5O5S/c1-14-7-8-18(24-13-14)34(30,31)27-22-19(33-17-6-4-3-5-16(17)32-2)20(23)25-21(26-22)15-9-11-28(29)12-10-15/h3-13H,1-2H3,(H,25,26,27). The van der Waals surface area contributed by atoms with Crippen LogP contribution in [-0.4, -0.2) is 30.5 Å². The van der Waals surface area contributed by atoms with Crippen LogP contribution in [-0.2, 0) is 10.0 Å². The molecule has 174 valence electrons. The monoisotopic (exact) mass is 499 g/mol. The van der Waals surface area contributed by atoms with Crippen molar-refractivity contribution in [3.05, 3.63) is 83.0 Å². The van der Waals surface area contributed by atoms with Gasteiger partial charge in [0.05, 0.1) is 7.11 Å². The molecule has 1 aromatic carbocycles. The Morgan fingerprint density at radius 1 is 1.03 bits per heavy atom. The summed E-state index contributed by atoms with van der Waals surface area (Å²) in [7, 11) is -2.69. The number of aromatic nitrogens is 4. The van der Waals surface area contributed by atoms with Crippen LogP contribution in [0.2, 0.25) is 5.15 Å². The van der Waals surface area contributed by atoms with Crippen LogP contribution in [0.5, 0.6) is 17.2 Å². The molecule has 0 aliphatic carbocycles. The van der Waals surface area contributed by atoms with Crippen molar-refractivity contribution >= 4 is 27.4 Å². The molecule has 0 atom stereocenters. The third-order valence-electron chi connectivity index (χ3n) is 4.56. The van der Waals surface area contributed by atoms with Crippen LogP contribution >= 0.6 is 11.6 Å². The summed E-state index contributed by atoms with van der Waals surface area (Å²) >= 11 is 6.42. The number of para-hydroxylation sites is 2. The zero-order valence-electron chi connectivity index (χ0n) is 18.0. The van der Waals surface area contributed by atoms with Gasteiger partial charge in [-0.25, -0.2) is 15.0 Å². The van der Waals surface area contributed by atoms with Crippen LogP contribution in [0.4, 0.5) is 5.82 Å². The van der Waals surface area contributed by atoms with Crippen LogP contribution in [0, 0.1) is 12.1 Å². The predicted octanol–water partition coefficient (Wildman–Crippen LogP) is 3.74. The number of sulfonamides is 1. The van der Waals surface area contributed by atoms with Crippen LogP contribution in [0.15, 0.2) is 72.1 Å².